The zero-order valence-electron chi connectivity index (χ0n) is 7.46. The fourth-order valence-electron chi connectivity index (χ4n) is 1.55. The van der Waals surface area contributed by atoms with Gasteiger partial charge in [-0.25, -0.2) is 0 Å². The van der Waals surface area contributed by atoms with Gasteiger partial charge in [0.15, 0.2) is 0 Å². The molecular formula is C10H12N2. The zero-order valence-corrected chi connectivity index (χ0v) is 7.46. The third-order valence-corrected chi connectivity index (χ3v) is 2.20. The molecule has 1 aromatic rings. The van der Waals surface area contributed by atoms with Crippen LogP contribution >= 0.6 is 0 Å². The van der Waals surface area contributed by atoms with Crippen LogP contribution in [0.15, 0.2) is 17.1 Å². The SMILES string of the molecule is CC1=NCCc2nc(C)ccc21. The number of pyridine rings is 1. The molecule has 0 spiro atoms. The monoisotopic (exact) mass is 160 g/mol. The maximum atomic E-state index is 4.48. The largest absolute Gasteiger partial charge is 0.289 e. The third-order valence-electron chi connectivity index (χ3n) is 2.20. The summed E-state index contributed by atoms with van der Waals surface area (Å²) in [5, 5.41) is 0. The summed E-state index contributed by atoms with van der Waals surface area (Å²) in [4.78, 5) is 8.86. The minimum absolute atomic E-state index is 0.898. The second-order valence-corrected chi connectivity index (χ2v) is 3.16. The Morgan fingerprint density at radius 1 is 1.25 bits per heavy atom. The van der Waals surface area contributed by atoms with Crippen molar-refractivity contribution in [2.75, 3.05) is 6.54 Å². The van der Waals surface area contributed by atoms with E-state index in [1.165, 1.54) is 11.3 Å². The summed E-state index contributed by atoms with van der Waals surface area (Å²) in [5.41, 5.74) is 4.67. The number of aromatic nitrogens is 1. The number of nitrogens with zero attached hydrogens (tertiary/aromatic N) is 2. The summed E-state index contributed by atoms with van der Waals surface area (Å²) in [6.45, 7) is 4.98. The van der Waals surface area contributed by atoms with Crippen molar-refractivity contribution in [2.45, 2.75) is 20.3 Å². The average molecular weight is 160 g/mol. The first-order valence-corrected chi connectivity index (χ1v) is 4.25. The van der Waals surface area contributed by atoms with Gasteiger partial charge in [0.05, 0.1) is 5.69 Å². The minimum Gasteiger partial charge on any atom is -0.289 e. The van der Waals surface area contributed by atoms with Crippen molar-refractivity contribution in [1.29, 1.82) is 0 Å². The molecule has 0 radical (unpaired) electrons. The molecule has 0 aliphatic carbocycles. The van der Waals surface area contributed by atoms with Crippen LogP contribution in [-0.4, -0.2) is 17.2 Å². The normalized spacial score (nSPS) is 15.3. The second kappa shape index (κ2) is 2.70. The molecule has 0 bridgehead atoms. The van der Waals surface area contributed by atoms with Crippen molar-refractivity contribution in [3.05, 3.63) is 29.1 Å². The fourth-order valence-corrected chi connectivity index (χ4v) is 1.55. The zero-order chi connectivity index (χ0) is 8.55. The van der Waals surface area contributed by atoms with Crippen LogP contribution in [-0.2, 0) is 6.42 Å². The molecule has 1 aliphatic heterocycles. The van der Waals surface area contributed by atoms with E-state index in [0.29, 0.717) is 0 Å². The van der Waals surface area contributed by atoms with Gasteiger partial charge in [0, 0.05) is 29.9 Å². The Bertz CT molecular complexity index is 340. The molecule has 1 aromatic heterocycles. The maximum absolute atomic E-state index is 4.48. The van der Waals surface area contributed by atoms with E-state index >= 15 is 0 Å². The van der Waals surface area contributed by atoms with Gasteiger partial charge in [-0.2, -0.15) is 0 Å². The van der Waals surface area contributed by atoms with Crippen LogP contribution in [0.2, 0.25) is 0 Å². The Morgan fingerprint density at radius 2 is 2.08 bits per heavy atom. The van der Waals surface area contributed by atoms with Gasteiger partial charge >= 0.3 is 0 Å². The van der Waals surface area contributed by atoms with Crippen molar-refractivity contribution in [1.82, 2.24) is 4.98 Å². The molecule has 62 valence electrons. The summed E-state index contributed by atoms with van der Waals surface area (Å²) in [7, 11) is 0. The lowest BCUT2D eigenvalue weighted by molar-refractivity contribution is 0.886. The molecule has 0 saturated carbocycles. The molecule has 0 saturated heterocycles. The Balaban J connectivity index is 2.56. The van der Waals surface area contributed by atoms with E-state index in [4.69, 9.17) is 0 Å². The highest BCUT2D eigenvalue weighted by atomic mass is 14.8. The average Bonchev–Trinajstić information content (AvgIpc) is 2.04. The van der Waals surface area contributed by atoms with E-state index in [0.717, 1.165) is 24.4 Å². The summed E-state index contributed by atoms with van der Waals surface area (Å²) < 4.78 is 0. The van der Waals surface area contributed by atoms with Crippen molar-refractivity contribution in [2.24, 2.45) is 4.99 Å². The molecule has 2 heterocycles. The standard InChI is InChI=1S/C10H12N2/c1-7-3-4-9-8(2)11-6-5-10(9)12-7/h3-4H,5-6H2,1-2H3. The molecule has 0 N–H and O–H groups in total. The molecule has 0 fully saturated rings. The number of fused-ring (bicyclic) bond motifs is 1. The van der Waals surface area contributed by atoms with E-state index in [9.17, 15) is 0 Å². The van der Waals surface area contributed by atoms with Crippen LogP contribution in [0.1, 0.15) is 23.9 Å². The Kier molecular flexibility index (Phi) is 1.68. The quantitative estimate of drug-likeness (QED) is 0.567. The molecule has 0 atom stereocenters. The van der Waals surface area contributed by atoms with Crippen LogP contribution < -0.4 is 0 Å². The van der Waals surface area contributed by atoms with E-state index < -0.39 is 0 Å². The number of rotatable bonds is 0. The van der Waals surface area contributed by atoms with E-state index in [2.05, 4.69) is 23.0 Å². The molecule has 1 aliphatic rings. The summed E-state index contributed by atoms with van der Waals surface area (Å²) in [5.74, 6) is 0. The highest BCUT2D eigenvalue weighted by Gasteiger charge is 2.10. The van der Waals surface area contributed by atoms with Crippen LogP contribution in [0.25, 0.3) is 0 Å². The number of aryl methyl sites for hydroxylation is 1. The van der Waals surface area contributed by atoms with Crippen molar-refractivity contribution in [3.8, 4) is 0 Å². The van der Waals surface area contributed by atoms with Gasteiger partial charge in [-0.15, -0.1) is 0 Å². The van der Waals surface area contributed by atoms with E-state index in [-0.39, 0.29) is 0 Å². The van der Waals surface area contributed by atoms with Gasteiger partial charge < -0.3 is 0 Å². The lowest BCUT2D eigenvalue weighted by Crippen LogP contribution is -2.12. The maximum Gasteiger partial charge on any atom is 0.0515 e. The predicted octanol–water partition coefficient (Wildman–Crippen LogP) is 1.76. The number of hydrogen-bond acceptors (Lipinski definition) is 2. The van der Waals surface area contributed by atoms with E-state index in [1.54, 1.807) is 0 Å². The van der Waals surface area contributed by atoms with Gasteiger partial charge in [0.2, 0.25) is 0 Å². The van der Waals surface area contributed by atoms with Gasteiger partial charge in [-0.1, -0.05) is 0 Å². The predicted molar refractivity (Wildman–Crippen MR) is 49.8 cm³/mol. The molecule has 12 heavy (non-hydrogen) atoms. The van der Waals surface area contributed by atoms with Crippen LogP contribution in [0, 0.1) is 6.92 Å². The second-order valence-electron chi connectivity index (χ2n) is 3.16. The highest BCUT2D eigenvalue weighted by Crippen LogP contribution is 2.13. The first-order chi connectivity index (χ1) is 5.77. The summed E-state index contributed by atoms with van der Waals surface area (Å²) in [6.07, 6.45) is 0.994. The minimum atomic E-state index is 0.898. The lowest BCUT2D eigenvalue weighted by atomic mass is 10.0. The fraction of sp³-hybridized carbons (Fsp3) is 0.400. The van der Waals surface area contributed by atoms with Crippen LogP contribution in [0.3, 0.4) is 0 Å². The summed E-state index contributed by atoms with van der Waals surface area (Å²) in [6, 6.07) is 4.17. The first-order valence-electron chi connectivity index (χ1n) is 4.25. The molecule has 2 nitrogen and oxygen atoms in total. The van der Waals surface area contributed by atoms with Crippen molar-refractivity contribution in [3.63, 3.8) is 0 Å². The van der Waals surface area contributed by atoms with Crippen molar-refractivity contribution < 1.29 is 0 Å². The van der Waals surface area contributed by atoms with Gasteiger partial charge in [-0.05, 0) is 26.0 Å². The van der Waals surface area contributed by atoms with Gasteiger partial charge in [0.1, 0.15) is 0 Å². The molecule has 2 heteroatoms. The van der Waals surface area contributed by atoms with E-state index in [1.807, 2.05) is 13.0 Å². The Morgan fingerprint density at radius 3 is 2.92 bits per heavy atom. The van der Waals surface area contributed by atoms with Gasteiger partial charge in [-0.3, -0.25) is 9.98 Å². The van der Waals surface area contributed by atoms with Crippen molar-refractivity contribution >= 4 is 5.71 Å². The molecule has 0 aromatic carbocycles. The van der Waals surface area contributed by atoms with Crippen LogP contribution in [0.4, 0.5) is 0 Å². The lowest BCUT2D eigenvalue weighted by Gasteiger charge is -2.13. The van der Waals surface area contributed by atoms with Gasteiger partial charge in [0.25, 0.3) is 0 Å². The smallest absolute Gasteiger partial charge is 0.0515 e. The Hall–Kier alpha value is -1.18. The summed E-state index contributed by atoms with van der Waals surface area (Å²) >= 11 is 0. The molecule has 2 rings (SSSR count). The number of aliphatic imine (C=N–C) groups is 1. The first kappa shape index (κ1) is 7.47. The topological polar surface area (TPSA) is 25.2 Å². The van der Waals surface area contributed by atoms with Crippen LogP contribution in [0.5, 0.6) is 0 Å². The molecule has 0 amide bonds. The molecule has 0 unspecified atom stereocenters. The highest BCUT2D eigenvalue weighted by molar-refractivity contribution is 6.00. The molecular weight excluding hydrogens is 148 g/mol. The number of hydrogen-bond donors (Lipinski definition) is 0. The Labute approximate surface area is 72.4 Å². The third kappa shape index (κ3) is 1.13.